The second-order valence-electron chi connectivity index (χ2n) is 5.76. The first-order chi connectivity index (χ1) is 13.0. The van der Waals surface area contributed by atoms with Crippen LogP contribution in [0, 0.1) is 25.2 Å². The van der Waals surface area contributed by atoms with Crippen LogP contribution in [0.1, 0.15) is 16.7 Å². The molecule has 0 saturated heterocycles. The van der Waals surface area contributed by atoms with Gasteiger partial charge in [0.05, 0.1) is 13.3 Å². The summed E-state index contributed by atoms with van der Waals surface area (Å²) in [6.45, 7) is 3.73. The number of rotatable bonds is 8. The quantitative estimate of drug-likeness (QED) is 0.572. The Morgan fingerprint density at radius 1 is 1.15 bits per heavy atom. The summed E-state index contributed by atoms with van der Waals surface area (Å²) >= 11 is 0. The van der Waals surface area contributed by atoms with Gasteiger partial charge in [-0.3, -0.25) is 4.79 Å². The van der Waals surface area contributed by atoms with Gasteiger partial charge in [-0.15, -0.1) is 0 Å². The molecule has 0 heterocycles. The first-order valence-electron chi connectivity index (χ1n) is 8.22. The van der Waals surface area contributed by atoms with Crippen molar-refractivity contribution in [3.05, 3.63) is 53.1 Å². The first-order valence-corrected chi connectivity index (χ1v) is 8.22. The topological polar surface area (TPSA) is 92.9 Å². The van der Waals surface area contributed by atoms with Crippen LogP contribution in [0.4, 0.5) is 0 Å². The van der Waals surface area contributed by atoms with Crippen LogP contribution in [0.25, 0.3) is 0 Å². The van der Waals surface area contributed by atoms with Crippen molar-refractivity contribution in [1.29, 1.82) is 5.26 Å². The highest BCUT2D eigenvalue weighted by Crippen LogP contribution is 2.27. The van der Waals surface area contributed by atoms with E-state index < -0.39 is 0 Å². The van der Waals surface area contributed by atoms with Crippen LogP contribution < -0.4 is 19.6 Å². The van der Waals surface area contributed by atoms with E-state index in [-0.39, 0.29) is 19.1 Å². The lowest BCUT2D eigenvalue weighted by molar-refractivity contribution is -0.123. The van der Waals surface area contributed by atoms with Crippen LogP contribution in [0.2, 0.25) is 0 Å². The molecular weight excluding hydrogens is 346 g/mol. The largest absolute Gasteiger partial charge is 0.493 e. The minimum atomic E-state index is -0.369. The molecule has 0 bridgehead atoms. The summed E-state index contributed by atoms with van der Waals surface area (Å²) in [5, 5.41) is 12.5. The summed E-state index contributed by atoms with van der Waals surface area (Å²) < 4.78 is 15.9. The maximum absolute atomic E-state index is 11.8. The summed E-state index contributed by atoms with van der Waals surface area (Å²) in [7, 11) is 1.50. The number of ether oxygens (including phenoxy) is 3. The van der Waals surface area contributed by atoms with Crippen LogP contribution in [0.15, 0.2) is 41.5 Å². The van der Waals surface area contributed by atoms with Gasteiger partial charge in [0.1, 0.15) is 11.8 Å². The minimum Gasteiger partial charge on any atom is -0.493 e. The van der Waals surface area contributed by atoms with Crippen molar-refractivity contribution in [3.8, 4) is 23.3 Å². The van der Waals surface area contributed by atoms with Gasteiger partial charge in [0, 0.05) is 0 Å². The molecule has 0 aromatic heterocycles. The molecular formula is C20H21N3O4. The smallest absolute Gasteiger partial charge is 0.277 e. The molecule has 1 N–H and O–H groups in total. The van der Waals surface area contributed by atoms with Crippen LogP contribution in [0.5, 0.6) is 17.2 Å². The molecule has 0 atom stereocenters. The maximum Gasteiger partial charge on any atom is 0.277 e. The second kappa shape index (κ2) is 9.82. The van der Waals surface area contributed by atoms with Crippen molar-refractivity contribution in [2.45, 2.75) is 13.8 Å². The molecule has 0 aliphatic carbocycles. The molecule has 7 nitrogen and oxygen atoms in total. The van der Waals surface area contributed by atoms with Gasteiger partial charge in [0.2, 0.25) is 0 Å². The Morgan fingerprint density at radius 2 is 1.89 bits per heavy atom. The van der Waals surface area contributed by atoms with Gasteiger partial charge >= 0.3 is 0 Å². The second-order valence-corrected chi connectivity index (χ2v) is 5.76. The number of nitrogens with zero attached hydrogens (tertiary/aromatic N) is 2. The zero-order valence-electron chi connectivity index (χ0n) is 15.5. The number of carbonyl (C=O) groups excluding carboxylic acids is 1. The molecule has 7 heteroatoms. The lowest BCUT2D eigenvalue weighted by atomic mass is 10.1. The third-order valence-corrected chi connectivity index (χ3v) is 3.45. The first kappa shape index (κ1) is 19.8. The zero-order valence-corrected chi connectivity index (χ0v) is 15.5. The number of nitriles is 1. The van der Waals surface area contributed by atoms with E-state index in [4.69, 9.17) is 19.5 Å². The van der Waals surface area contributed by atoms with Gasteiger partial charge in [-0.2, -0.15) is 10.4 Å². The van der Waals surface area contributed by atoms with E-state index >= 15 is 0 Å². The van der Waals surface area contributed by atoms with Crippen LogP contribution >= 0.6 is 0 Å². The Labute approximate surface area is 158 Å². The summed E-state index contributed by atoms with van der Waals surface area (Å²) in [6.07, 6.45) is 1.48. The average molecular weight is 367 g/mol. The fourth-order valence-electron chi connectivity index (χ4n) is 2.37. The number of nitrogens with one attached hydrogen (secondary N) is 1. The Morgan fingerprint density at radius 3 is 2.56 bits per heavy atom. The molecule has 0 radical (unpaired) electrons. The number of aryl methyl sites for hydroxylation is 2. The molecule has 0 fully saturated rings. The highest BCUT2D eigenvalue weighted by atomic mass is 16.5. The molecule has 1 amide bonds. The van der Waals surface area contributed by atoms with Gasteiger partial charge in [-0.05, 0) is 60.9 Å². The molecule has 27 heavy (non-hydrogen) atoms. The molecule has 140 valence electrons. The van der Waals surface area contributed by atoms with Gasteiger partial charge in [-0.1, -0.05) is 6.07 Å². The number of amides is 1. The van der Waals surface area contributed by atoms with Crippen molar-refractivity contribution < 1.29 is 19.0 Å². The van der Waals surface area contributed by atoms with E-state index in [2.05, 4.69) is 10.5 Å². The lowest BCUT2D eigenvalue weighted by Crippen LogP contribution is -2.24. The Kier molecular flexibility index (Phi) is 7.20. The maximum atomic E-state index is 11.8. The minimum absolute atomic E-state index is 0.0691. The number of benzene rings is 2. The fraction of sp³-hybridized carbons (Fsp3) is 0.250. The molecule has 0 spiro atoms. The van der Waals surface area contributed by atoms with E-state index in [9.17, 15) is 4.79 Å². The van der Waals surface area contributed by atoms with Crippen molar-refractivity contribution in [1.82, 2.24) is 5.43 Å². The highest BCUT2D eigenvalue weighted by Gasteiger charge is 2.05. The molecule has 2 rings (SSSR count). The van der Waals surface area contributed by atoms with Gasteiger partial charge < -0.3 is 14.2 Å². The SMILES string of the molecule is COc1cc(/C=N\NC(=O)COc2cc(C)cc(C)c2)ccc1OCC#N. The molecule has 0 saturated carbocycles. The third kappa shape index (κ3) is 6.36. The number of hydrogen-bond donors (Lipinski definition) is 1. The number of hydrogen-bond acceptors (Lipinski definition) is 6. The summed E-state index contributed by atoms with van der Waals surface area (Å²) in [5.74, 6) is 1.21. The molecule has 0 unspecified atom stereocenters. The zero-order chi connectivity index (χ0) is 19.6. The summed E-state index contributed by atoms with van der Waals surface area (Å²) in [5.41, 5.74) is 5.25. The monoisotopic (exact) mass is 367 g/mol. The Balaban J connectivity index is 1.88. The van der Waals surface area contributed by atoms with E-state index in [1.807, 2.05) is 38.1 Å². The number of carbonyl (C=O) groups is 1. The normalized spacial score (nSPS) is 10.3. The van der Waals surface area contributed by atoms with Crippen molar-refractivity contribution in [2.24, 2.45) is 5.10 Å². The third-order valence-electron chi connectivity index (χ3n) is 3.45. The Bertz CT molecular complexity index is 852. The standard InChI is InChI=1S/C20H21N3O4/c1-14-8-15(2)10-17(9-14)27-13-20(24)23-22-12-16-4-5-18(26-7-6-21)19(11-16)25-3/h4-5,8-12H,7,13H2,1-3H3,(H,23,24)/b22-12-. The summed E-state index contributed by atoms with van der Waals surface area (Å²) in [4.78, 5) is 11.8. The van der Waals surface area contributed by atoms with E-state index in [0.717, 1.165) is 11.1 Å². The van der Waals surface area contributed by atoms with Gasteiger partial charge in [0.15, 0.2) is 24.7 Å². The molecule has 0 aliphatic heterocycles. The van der Waals surface area contributed by atoms with Gasteiger partial charge in [0.25, 0.3) is 5.91 Å². The van der Waals surface area contributed by atoms with Crippen LogP contribution in [-0.2, 0) is 4.79 Å². The van der Waals surface area contributed by atoms with E-state index in [1.165, 1.54) is 13.3 Å². The summed E-state index contributed by atoms with van der Waals surface area (Å²) in [6, 6.07) is 12.7. The number of hydrazone groups is 1. The predicted octanol–water partition coefficient (Wildman–Crippen LogP) is 2.74. The highest BCUT2D eigenvalue weighted by molar-refractivity contribution is 5.83. The van der Waals surface area contributed by atoms with Crippen molar-refractivity contribution in [2.75, 3.05) is 20.3 Å². The van der Waals surface area contributed by atoms with Crippen molar-refractivity contribution in [3.63, 3.8) is 0 Å². The van der Waals surface area contributed by atoms with Crippen LogP contribution in [-0.4, -0.2) is 32.4 Å². The van der Waals surface area contributed by atoms with E-state index in [1.54, 1.807) is 18.2 Å². The van der Waals surface area contributed by atoms with Crippen molar-refractivity contribution >= 4 is 12.1 Å². The molecule has 2 aromatic rings. The Hall–Kier alpha value is -3.53. The van der Waals surface area contributed by atoms with Gasteiger partial charge in [-0.25, -0.2) is 5.43 Å². The fourth-order valence-corrected chi connectivity index (χ4v) is 2.37. The van der Waals surface area contributed by atoms with E-state index in [0.29, 0.717) is 22.8 Å². The lowest BCUT2D eigenvalue weighted by Gasteiger charge is -2.09. The van der Waals surface area contributed by atoms with Crippen LogP contribution in [0.3, 0.4) is 0 Å². The molecule has 0 aliphatic rings. The molecule has 2 aromatic carbocycles. The average Bonchev–Trinajstić information content (AvgIpc) is 2.64. The predicted molar refractivity (Wildman–Crippen MR) is 101 cm³/mol. The number of methoxy groups -OCH3 is 1.